The van der Waals surface area contributed by atoms with Crippen molar-refractivity contribution in [3.8, 4) is 5.75 Å². The molecular formula is C25H22N2O2. The molecular weight excluding hydrogens is 360 g/mol. The van der Waals surface area contributed by atoms with Crippen molar-refractivity contribution in [1.82, 2.24) is 0 Å². The number of ether oxygens (including phenoxy) is 1. The van der Waals surface area contributed by atoms with Gasteiger partial charge in [0.05, 0.1) is 11.8 Å². The molecule has 3 aromatic carbocycles. The van der Waals surface area contributed by atoms with Crippen molar-refractivity contribution in [3.05, 3.63) is 102 Å². The topological polar surface area (TPSA) is 41.9 Å². The largest absolute Gasteiger partial charge is 0.491 e. The zero-order valence-corrected chi connectivity index (χ0v) is 16.4. The number of hydrogen-bond donors (Lipinski definition) is 0. The van der Waals surface area contributed by atoms with Crippen molar-refractivity contribution in [2.75, 3.05) is 4.90 Å². The predicted molar refractivity (Wildman–Crippen MR) is 117 cm³/mol. The van der Waals surface area contributed by atoms with Crippen LogP contribution >= 0.6 is 0 Å². The number of rotatable bonds is 5. The first-order chi connectivity index (χ1) is 14.1. The summed E-state index contributed by atoms with van der Waals surface area (Å²) in [4.78, 5) is 19.6. The fourth-order valence-corrected chi connectivity index (χ4v) is 3.19. The molecule has 4 heteroatoms. The summed E-state index contributed by atoms with van der Waals surface area (Å²) >= 11 is 0. The average Bonchev–Trinajstić information content (AvgIpc) is 3.06. The molecule has 0 fully saturated rings. The minimum atomic E-state index is -0.141. The molecule has 0 atom stereocenters. The number of carbonyl (C=O) groups is 1. The lowest BCUT2D eigenvalue weighted by Crippen LogP contribution is -2.32. The molecule has 1 amide bonds. The van der Waals surface area contributed by atoms with Crippen LogP contribution in [0.4, 0.5) is 5.69 Å². The molecule has 29 heavy (non-hydrogen) atoms. The van der Waals surface area contributed by atoms with Gasteiger partial charge < -0.3 is 4.74 Å². The number of aliphatic imine (C=N–C) groups is 1. The highest BCUT2D eigenvalue weighted by Crippen LogP contribution is 2.28. The van der Waals surface area contributed by atoms with Gasteiger partial charge in [-0.05, 0) is 49.8 Å². The zero-order chi connectivity index (χ0) is 20.2. The van der Waals surface area contributed by atoms with Crippen LogP contribution in [0.2, 0.25) is 0 Å². The van der Waals surface area contributed by atoms with Gasteiger partial charge in [-0.1, -0.05) is 60.7 Å². The molecule has 1 heterocycles. The van der Waals surface area contributed by atoms with E-state index in [1.54, 1.807) is 4.90 Å². The molecule has 0 aromatic heterocycles. The molecule has 1 aliphatic rings. The maximum atomic E-state index is 13.2. The minimum Gasteiger partial charge on any atom is -0.491 e. The molecule has 0 radical (unpaired) electrons. The molecule has 3 aromatic rings. The SMILES string of the molecule is CC(C)Oc1ccc(C=C2N=C(c3ccccc3)N(c3ccccc3)C2=O)cc1. The Balaban J connectivity index is 1.71. The Morgan fingerprint density at radius 1 is 0.862 bits per heavy atom. The highest BCUT2D eigenvalue weighted by Gasteiger charge is 2.32. The second-order valence-corrected chi connectivity index (χ2v) is 7.04. The van der Waals surface area contributed by atoms with E-state index in [4.69, 9.17) is 4.74 Å². The van der Waals surface area contributed by atoms with Gasteiger partial charge in [-0.25, -0.2) is 4.99 Å². The predicted octanol–water partition coefficient (Wildman–Crippen LogP) is 5.31. The highest BCUT2D eigenvalue weighted by atomic mass is 16.5. The van der Waals surface area contributed by atoms with Gasteiger partial charge in [-0.3, -0.25) is 9.69 Å². The van der Waals surface area contributed by atoms with Crippen LogP contribution in [0.5, 0.6) is 5.75 Å². The van der Waals surface area contributed by atoms with Crippen molar-refractivity contribution in [2.24, 2.45) is 4.99 Å². The summed E-state index contributed by atoms with van der Waals surface area (Å²) in [6.07, 6.45) is 1.93. The molecule has 0 spiro atoms. The molecule has 0 unspecified atom stereocenters. The van der Waals surface area contributed by atoms with Gasteiger partial charge in [0.1, 0.15) is 17.3 Å². The quantitative estimate of drug-likeness (QED) is 0.561. The maximum absolute atomic E-state index is 13.2. The van der Waals surface area contributed by atoms with Crippen LogP contribution in [-0.2, 0) is 4.79 Å². The molecule has 144 valence electrons. The number of nitrogens with zero attached hydrogens (tertiary/aromatic N) is 2. The fourth-order valence-electron chi connectivity index (χ4n) is 3.19. The van der Waals surface area contributed by atoms with Crippen molar-refractivity contribution >= 4 is 23.5 Å². The first kappa shape index (κ1) is 18.7. The highest BCUT2D eigenvalue weighted by molar-refractivity contribution is 6.33. The molecule has 0 saturated heterocycles. The zero-order valence-electron chi connectivity index (χ0n) is 16.4. The van der Waals surface area contributed by atoms with E-state index in [0.717, 1.165) is 22.6 Å². The van der Waals surface area contributed by atoms with Gasteiger partial charge in [0.15, 0.2) is 0 Å². The van der Waals surface area contributed by atoms with E-state index in [-0.39, 0.29) is 12.0 Å². The normalized spacial score (nSPS) is 15.1. The summed E-state index contributed by atoms with van der Waals surface area (Å²) in [7, 11) is 0. The molecule has 4 rings (SSSR count). The summed E-state index contributed by atoms with van der Waals surface area (Å²) in [5, 5.41) is 0. The van der Waals surface area contributed by atoms with Crippen LogP contribution in [0.3, 0.4) is 0 Å². The average molecular weight is 382 g/mol. The monoisotopic (exact) mass is 382 g/mol. The van der Waals surface area contributed by atoms with E-state index < -0.39 is 0 Å². The Morgan fingerprint density at radius 3 is 2.10 bits per heavy atom. The van der Waals surface area contributed by atoms with Gasteiger partial charge in [0, 0.05) is 5.56 Å². The van der Waals surface area contributed by atoms with Gasteiger partial charge in [-0.15, -0.1) is 0 Å². The molecule has 0 aliphatic carbocycles. The number of carbonyl (C=O) groups excluding carboxylic acids is 1. The summed E-state index contributed by atoms with van der Waals surface area (Å²) in [5.41, 5.74) is 3.00. The third kappa shape index (κ3) is 4.11. The lowest BCUT2D eigenvalue weighted by atomic mass is 10.1. The van der Waals surface area contributed by atoms with Crippen LogP contribution in [0, 0.1) is 0 Å². The number of anilines is 1. The van der Waals surface area contributed by atoms with E-state index in [1.807, 2.05) is 105 Å². The summed E-state index contributed by atoms with van der Waals surface area (Å²) in [6.45, 7) is 3.98. The van der Waals surface area contributed by atoms with Crippen LogP contribution in [0.25, 0.3) is 6.08 Å². The van der Waals surface area contributed by atoms with Gasteiger partial charge >= 0.3 is 0 Å². The smallest absolute Gasteiger partial charge is 0.282 e. The summed E-state index contributed by atoms with van der Waals surface area (Å²) in [6, 6.07) is 27.0. The summed E-state index contributed by atoms with van der Waals surface area (Å²) < 4.78 is 5.69. The lowest BCUT2D eigenvalue weighted by Gasteiger charge is -2.18. The van der Waals surface area contributed by atoms with Gasteiger partial charge in [0.25, 0.3) is 5.91 Å². The first-order valence-corrected chi connectivity index (χ1v) is 9.64. The number of para-hydroxylation sites is 1. The van der Waals surface area contributed by atoms with E-state index in [0.29, 0.717) is 11.5 Å². The maximum Gasteiger partial charge on any atom is 0.282 e. The minimum absolute atomic E-state index is 0.119. The number of amidine groups is 1. The van der Waals surface area contributed by atoms with Crippen LogP contribution in [0.15, 0.2) is 95.6 Å². The summed E-state index contributed by atoms with van der Waals surface area (Å²) in [5.74, 6) is 1.30. The Hall–Kier alpha value is -3.66. The molecule has 0 bridgehead atoms. The van der Waals surface area contributed by atoms with E-state index in [9.17, 15) is 4.79 Å². The Bertz CT molecular complexity index is 1050. The van der Waals surface area contributed by atoms with Crippen LogP contribution < -0.4 is 9.64 Å². The Kier molecular flexibility index (Phi) is 5.25. The van der Waals surface area contributed by atoms with E-state index in [1.165, 1.54) is 0 Å². The molecule has 1 aliphatic heterocycles. The fraction of sp³-hybridized carbons (Fsp3) is 0.120. The molecule has 0 N–H and O–H groups in total. The third-order valence-electron chi connectivity index (χ3n) is 4.46. The number of amides is 1. The van der Waals surface area contributed by atoms with Crippen molar-refractivity contribution in [1.29, 1.82) is 0 Å². The van der Waals surface area contributed by atoms with E-state index >= 15 is 0 Å². The van der Waals surface area contributed by atoms with Crippen LogP contribution in [-0.4, -0.2) is 17.8 Å². The number of hydrogen-bond acceptors (Lipinski definition) is 3. The van der Waals surface area contributed by atoms with Gasteiger partial charge in [0.2, 0.25) is 0 Å². The Morgan fingerprint density at radius 2 is 1.48 bits per heavy atom. The van der Waals surface area contributed by atoms with Crippen LogP contribution in [0.1, 0.15) is 25.0 Å². The second kappa shape index (κ2) is 8.15. The van der Waals surface area contributed by atoms with Crippen molar-refractivity contribution < 1.29 is 9.53 Å². The lowest BCUT2D eigenvalue weighted by molar-refractivity contribution is -0.113. The second-order valence-electron chi connectivity index (χ2n) is 7.04. The van der Waals surface area contributed by atoms with E-state index in [2.05, 4.69) is 4.99 Å². The standard InChI is InChI=1S/C25H22N2O2/c1-18(2)29-22-15-13-19(14-16-22)17-23-25(28)27(21-11-7-4-8-12-21)24(26-23)20-9-5-3-6-10-20/h3-18H,1-2H3. The molecule has 4 nitrogen and oxygen atoms in total. The van der Waals surface area contributed by atoms with Crippen molar-refractivity contribution in [3.63, 3.8) is 0 Å². The Labute approximate surface area is 170 Å². The van der Waals surface area contributed by atoms with Crippen molar-refractivity contribution in [2.45, 2.75) is 20.0 Å². The molecule has 0 saturated carbocycles. The number of benzene rings is 3. The third-order valence-corrected chi connectivity index (χ3v) is 4.46. The first-order valence-electron chi connectivity index (χ1n) is 9.64. The van der Waals surface area contributed by atoms with Gasteiger partial charge in [-0.2, -0.15) is 0 Å².